The molecular weight excluding hydrogens is 855 g/mol. The van der Waals surface area contributed by atoms with Gasteiger partial charge in [-0.1, -0.05) is 302 Å². The quantitative estimate of drug-likeness (QED) is 0.0359. The van der Waals surface area contributed by atoms with Gasteiger partial charge in [0.05, 0.1) is 23.3 Å². The Balaban J connectivity index is 0.0000224. The number of allylic oxidation sites excluding steroid dienone is 2. The summed E-state index contributed by atoms with van der Waals surface area (Å²) in [7, 11) is 0. The van der Waals surface area contributed by atoms with Gasteiger partial charge >= 0.3 is 0 Å². The normalized spacial score (nSPS) is 12.0. The van der Waals surface area contributed by atoms with Crippen molar-refractivity contribution < 1.29 is 16.5 Å². The molecule has 0 heterocycles. The third-order valence-electron chi connectivity index (χ3n) is 14.1. The Kier molecular flexibility index (Phi) is 47.4. The van der Waals surface area contributed by atoms with Gasteiger partial charge in [-0.25, -0.2) is 4.99 Å². The van der Waals surface area contributed by atoms with Crippen LogP contribution in [0.1, 0.15) is 308 Å². The molecule has 0 aliphatic rings. The van der Waals surface area contributed by atoms with Crippen molar-refractivity contribution in [2.45, 2.75) is 310 Å². The number of nitrogens with zero attached hydrogens (tertiary/aromatic N) is 2. The van der Waals surface area contributed by atoms with Crippen molar-refractivity contribution in [3.8, 4) is 0 Å². The van der Waals surface area contributed by atoms with Crippen LogP contribution < -0.4 is 0 Å². The molecule has 0 fully saturated rings. The average molecular weight is 966 g/mol. The SMILES string of the molecule is CCCCCCCCCCCCCCCCCCCCCC/C=C/C(/C=N/c1cccc(CCCCCCCCCCCCC)c1)=N\c1cccc(CCCCCCCCCCCCC)c1.[Ni]. The van der Waals surface area contributed by atoms with Crippen molar-refractivity contribution in [1.29, 1.82) is 0 Å². The molecule has 386 valence electrons. The predicted molar refractivity (Wildman–Crippen MR) is 300 cm³/mol. The molecule has 0 saturated carbocycles. The minimum atomic E-state index is 0. The minimum Gasteiger partial charge on any atom is -0.255 e. The Morgan fingerprint density at radius 3 is 1.01 bits per heavy atom. The molecule has 0 aliphatic heterocycles. The molecule has 2 aromatic carbocycles. The van der Waals surface area contributed by atoms with Crippen LogP contribution in [0, 0.1) is 0 Å². The first kappa shape index (κ1) is 63.0. The summed E-state index contributed by atoms with van der Waals surface area (Å²) in [6.45, 7) is 6.92. The van der Waals surface area contributed by atoms with Crippen LogP contribution in [0.2, 0.25) is 0 Å². The number of hydrogen-bond acceptors (Lipinski definition) is 2. The Morgan fingerprint density at radius 2 is 0.657 bits per heavy atom. The minimum absolute atomic E-state index is 0. The van der Waals surface area contributed by atoms with Gasteiger partial charge in [-0.15, -0.1) is 0 Å². The first-order chi connectivity index (χ1) is 32.7. The van der Waals surface area contributed by atoms with E-state index in [1.807, 2.05) is 6.21 Å². The van der Waals surface area contributed by atoms with Gasteiger partial charge in [-0.2, -0.15) is 0 Å². The summed E-state index contributed by atoms with van der Waals surface area (Å²) < 4.78 is 0. The predicted octanol–water partition coefficient (Wildman–Crippen LogP) is 22.6. The Hall–Kier alpha value is -1.99. The number of unbranched alkanes of at least 4 members (excludes halogenated alkanes) is 40. The fourth-order valence-corrected chi connectivity index (χ4v) is 9.68. The van der Waals surface area contributed by atoms with Crippen molar-refractivity contribution in [2.24, 2.45) is 9.98 Å². The van der Waals surface area contributed by atoms with Crippen molar-refractivity contribution in [3.05, 3.63) is 71.8 Å². The maximum absolute atomic E-state index is 5.18. The van der Waals surface area contributed by atoms with Crippen LogP contribution >= 0.6 is 0 Å². The largest absolute Gasteiger partial charge is 0.255 e. The molecule has 0 amide bonds. The van der Waals surface area contributed by atoms with E-state index in [2.05, 4.69) is 81.5 Å². The van der Waals surface area contributed by atoms with E-state index in [1.165, 1.54) is 281 Å². The van der Waals surface area contributed by atoms with Gasteiger partial charge in [0.25, 0.3) is 0 Å². The second-order valence-corrected chi connectivity index (χ2v) is 20.6. The summed E-state index contributed by atoms with van der Waals surface area (Å²) in [6.07, 6.45) is 69.0. The molecule has 0 radical (unpaired) electrons. The molecule has 3 heteroatoms. The number of hydrogen-bond donors (Lipinski definition) is 0. The summed E-state index contributed by atoms with van der Waals surface area (Å²) in [5.41, 5.74) is 5.85. The van der Waals surface area contributed by atoms with Crippen LogP contribution in [0.15, 0.2) is 70.7 Å². The van der Waals surface area contributed by atoms with Crippen LogP contribution in [0.25, 0.3) is 0 Å². The summed E-state index contributed by atoms with van der Waals surface area (Å²) >= 11 is 0. The molecule has 0 N–H and O–H groups in total. The maximum Gasteiger partial charge on any atom is 0.0816 e. The van der Waals surface area contributed by atoms with Crippen LogP contribution in [-0.4, -0.2) is 11.9 Å². The van der Waals surface area contributed by atoms with Gasteiger partial charge in [0, 0.05) is 16.5 Å². The number of benzene rings is 2. The average Bonchev–Trinajstić information content (AvgIpc) is 3.33. The second kappa shape index (κ2) is 50.4. The molecule has 0 bridgehead atoms. The molecule has 0 aliphatic carbocycles. The van der Waals surface area contributed by atoms with E-state index in [1.54, 1.807) is 0 Å². The van der Waals surface area contributed by atoms with Gasteiger partial charge in [0.15, 0.2) is 0 Å². The zero-order valence-corrected chi connectivity index (χ0v) is 45.9. The van der Waals surface area contributed by atoms with E-state index in [4.69, 9.17) is 9.98 Å². The third kappa shape index (κ3) is 41.5. The van der Waals surface area contributed by atoms with Crippen LogP contribution in [0.5, 0.6) is 0 Å². The van der Waals surface area contributed by atoms with Crippen LogP contribution in [0.4, 0.5) is 11.4 Å². The summed E-state index contributed by atoms with van der Waals surface area (Å²) in [5.74, 6) is 0. The monoisotopic (exact) mass is 965 g/mol. The third-order valence-corrected chi connectivity index (χ3v) is 14.1. The van der Waals surface area contributed by atoms with E-state index < -0.39 is 0 Å². The maximum atomic E-state index is 5.18. The molecule has 2 aromatic rings. The number of aliphatic imine (C=N–C) groups is 2. The van der Waals surface area contributed by atoms with E-state index in [-0.39, 0.29) is 16.5 Å². The molecule has 0 aromatic heterocycles. The zero-order chi connectivity index (χ0) is 46.9. The first-order valence-electron chi connectivity index (χ1n) is 29.7. The fraction of sp³-hybridized carbons (Fsp3) is 0.750. The molecule has 2 rings (SSSR count). The van der Waals surface area contributed by atoms with E-state index in [0.717, 1.165) is 36.3 Å². The van der Waals surface area contributed by atoms with E-state index in [0.29, 0.717) is 0 Å². The summed E-state index contributed by atoms with van der Waals surface area (Å²) in [4.78, 5) is 10.2. The summed E-state index contributed by atoms with van der Waals surface area (Å²) in [5, 5.41) is 0. The molecule has 0 spiro atoms. The standard InChI is InChI=1S/C64H110N2.Ni/c1-4-7-10-13-16-19-22-23-24-25-26-27-28-29-30-31-32-35-38-41-44-47-54-64(66-63-56-49-53-61(58-63)51-46-43-40-37-34-21-18-15-12-9-6-3)59-65-62-55-48-52-60(57-62)50-45-42-39-36-33-20-17-14-11-8-5-2;/h47-49,52-59H,4-46,50-51H2,1-3H3;/b54-47+,65-59+,66-64+;. The number of rotatable bonds is 49. The molecule has 0 unspecified atom stereocenters. The Morgan fingerprint density at radius 1 is 0.358 bits per heavy atom. The molecule has 0 atom stereocenters. The Bertz CT molecular complexity index is 1410. The van der Waals surface area contributed by atoms with Gasteiger partial charge in [-0.3, -0.25) is 4.99 Å². The van der Waals surface area contributed by atoms with Crippen molar-refractivity contribution in [2.75, 3.05) is 0 Å². The topological polar surface area (TPSA) is 24.7 Å². The Labute approximate surface area is 429 Å². The van der Waals surface area contributed by atoms with Crippen molar-refractivity contribution in [1.82, 2.24) is 0 Å². The van der Waals surface area contributed by atoms with Crippen molar-refractivity contribution >= 4 is 23.3 Å². The second-order valence-electron chi connectivity index (χ2n) is 20.6. The van der Waals surface area contributed by atoms with Gasteiger partial charge in [0.2, 0.25) is 0 Å². The fourth-order valence-electron chi connectivity index (χ4n) is 9.68. The van der Waals surface area contributed by atoms with E-state index >= 15 is 0 Å². The van der Waals surface area contributed by atoms with E-state index in [9.17, 15) is 0 Å². The summed E-state index contributed by atoms with van der Waals surface area (Å²) in [6, 6.07) is 17.9. The zero-order valence-electron chi connectivity index (χ0n) is 44.9. The molecule has 0 saturated heterocycles. The first-order valence-corrected chi connectivity index (χ1v) is 29.7. The van der Waals surface area contributed by atoms with Gasteiger partial charge in [-0.05, 0) is 80.0 Å². The smallest absolute Gasteiger partial charge is 0.0816 e. The van der Waals surface area contributed by atoms with Crippen LogP contribution in [-0.2, 0) is 29.3 Å². The molecule has 67 heavy (non-hydrogen) atoms. The molecular formula is C64H110N2Ni. The van der Waals surface area contributed by atoms with Crippen molar-refractivity contribution in [3.63, 3.8) is 0 Å². The number of aryl methyl sites for hydroxylation is 2. The van der Waals surface area contributed by atoms with Crippen LogP contribution in [0.3, 0.4) is 0 Å². The van der Waals surface area contributed by atoms with Gasteiger partial charge < -0.3 is 0 Å². The van der Waals surface area contributed by atoms with Gasteiger partial charge in [0.1, 0.15) is 0 Å². The molecule has 2 nitrogen and oxygen atoms in total.